The molecule has 1 nitrogen and oxygen atoms in total. The summed E-state index contributed by atoms with van der Waals surface area (Å²) in [4.78, 5) is 0. The van der Waals surface area contributed by atoms with Crippen LogP contribution in [0.2, 0.25) is 0 Å². The average Bonchev–Trinajstić information content (AvgIpc) is 2.32. The molecule has 18 heavy (non-hydrogen) atoms. The standard InChI is InChI=1S/C13H8F4O/c14-11-6-2-5-10(12(11)15)8-3-1-4-9(7-8)18-13(16)17/h1-7,13H. The van der Waals surface area contributed by atoms with Crippen molar-refractivity contribution >= 4 is 0 Å². The molecule has 0 saturated heterocycles. The zero-order chi connectivity index (χ0) is 13.1. The first-order chi connectivity index (χ1) is 8.58. The lowest BCUT2D eigenvalue weighted by Crippen LogP contribution is -2.01. The number of alkyl halides is 2. The second-order valence-corrected chi connectivity index (χ2v) is 3.51. The third-order valence-corrected chi connectivity index (χ3v) is 2.32. The maximum Gasteiger partial charge on any atom is 0.387 e. The third kappa shape index (κ3) is 2.61. The minimum Gasteiger partial charge on any atom is -0.435 e. The first-order valence-electron chi connectivity index (χ1n) is 5.07. The van der Waals surface area contributed by atoms with E-state index in [9.17, 15) is 17.6 Å². The largest absolute Gasteiger partial charge is 0.435 e. The van der Waals surface area contributed by atoms with Crippen LogP contribution in [0, 0.1) is 11.6 Å². The molecule has 2 aromatic rings. The van der Waals surface area contributed by atoms with Crippen molar-refractivity contribution < 1.29 is 22.3 Å². The van der Waals surface area contributed by atoms with Gasteiger partial charge in [-0.25, -0.2) is 8.78 Å². The van der Waals surface area contributed by atoms with Crippen molar-refractivity contribution in [2.24, 2.45) is 0 Å². The highest BCUT2D eigenvalue weighted by Crippen LogP contribution is 2.27. The Morgan fingerprint density at radius 3 is 2.39 bits per heavy atom. The Morgan fingerprint density at radius 2 is 1.67 bits per heavy atom. The lowest BCUT2D eigenvalue weighted by atomic mass is 10.0. The third-order valence-electron chi connectivity index (χ3n) is 2.32. The van der Waals surface area contributed by atoms with Gasteiger partial charge in [0.15, 0.2) is 11.6 Å². The van der Waals surface area contributed by atoms with Gasteiger partial charge in [0, 0.05) is 5.56 Å². The topological polar surface area (TPSA) is 9.23 Å². The van der Waals surface area contributed by atoms with Crippen molar-refractivity contribution in [1.29, 1.82) is 0 Å². The first kappa shape index (κ1) is 12.4. The quantitative estimate of drug-likeness (QED) is 0.746. The molecule has 94 valence electrons. The molecule has 0 unspecified atom stereocenters. The molecule has 0 spiro atoms. The number of benzene rings is 2. The van der Waals surface area contributed by atoms with Crippen molar-refractivity contribution in [3.05, 3.63) is 54.1 Å². The van der Waals surface area contributed by atoms with Crippen LogP contribution in [-0.2, 0) is 0 Å². The van der Waals surface area contributed by atoms with E-state index in [1.807, 2.05) is 0 Å². The van der Waals surface area contributed by atoms with Gasteiger partial charge in [-0.1, -0.05) is 24.3 Å². The number of hydrogen-bond acceptors (Lipinski definition) is 1. The molecule has 0 saturated carbocycles. The molecule has 0 heterocycles. The Hall–Kier alpha value is -2.04. The predicted molar refractivity (Wildman–Crippen MR) is 58.4 cm³/mol. The van der Waals surface area contributed by atoms with Gasteiger partial charge in [-0.15, -0.1) is 0 Å². The van der Waals surface area contributed by atoms with Gasteiger partial charge in [0.05, 0.1) is 0 Å². The molecular formula is C13H8F4O. The average molecular weight is 256 g/mol. The van der Waals surface area contributed by atoms with E-state index in [1.54, 1.807) is 0 Å². The highest BCUT2D eigenvalue weighted by Gasteiger charge is 2.11. The molecule has 0 aromatic heterocycles. The molecule has 0 bridgehead atoms. The molecule has 0 atom stereocenters. The van der Waals surface area contributed by atoms with Gasteiger partial charge in [-0.2, -0.15) is 8.78 Å². The highest BCUT2D eigenvalue weighted by atomic mass is 19.3. The highest BCUT2D eigenvalue weighted by molar-refractivity contribution is 5.65. The number of halogens is 4. The van der Waals surface area contributed by atoms with E-state index in [0.717, 1.165) is 6.07 Å². The molecule has 0 amide bonds. The molecule has 2 rings (SSSR count). The smallest absolute Gasteiger partial charge is 0.387 e. The van der Waals surface area contributed by atoms with Crippen LogP contribution in [0.15, 0.2) is 42.5 Å². The molecule has 0 N–H and O–H groups in total. The van der Waals surface area contributed by atoms with Crippen molar-refractivity contribution in [2.45, 2.75) is 6.61 Å². The SMILES string of the molecule is Fc1cccc(-c2cccc(OC(F)F)c2)c1F. The minimum absolute atomic E-state index is 0.00489. The summed E-state index contributed by atoms with van der Waals surface area (Å²) in [6.45, 7) is -2.96. The summed E-state index contributed by atoms with van der Waals surface area (Å²) < 4.78 is 54.8. The van der Waals surface area contributed by atoms with Gasteiger partial charge in [0.25, 0.3) is 0 Å². The first-order valence-corrected chi connectivity index (χ1v) is 5.07. The van der Waals surface area contributed by atoms with Crippen LogP contribution in [0.5, 0.6) is 5.75 Å². The predicted octanol–water partition coefficient (Wildman–Crippen LogP) is 4.23. The Morgan fingerprint density at radius 1 is 0.944 bits per heavy atom. The molecule has 0 fully saturated rings. The molecular weight excluding hydrogens is 248 g/mol. The van der Waals surface area contributed by atoms with E-state index >= 15 is 0 Å². The normalized spacial score (nSPS) is 10.7. The summed E-state index contributed by atoms with van der Waals surface area (Å²) in [6, 6.07) is 9.14. The van der Waals surface area contributed by atoms with Crippen molar-refractivity contribution in [3.63, 3.8) is 0 Å². The number of rotatable bonds is 3. The summed E-state index contributed by atoms with van der Waals surface area (Å²) in [5.74, 6) is -2.12. The van der Waals surface area contributed by atoms with Gasteiger partial charge in [-0.3, -0.25) is 0 Å². The van der Waals surface area contributed by atoms with Crippen LogP contribution in [-0.4, -0.2) is 6.61 Å². The maximum atomic E-state index is 13.5. The van der Waals surface area contributed by atoms with Crippen molar-refractivity contribution in [2.75, 3.05) is 0 Å². The Kier molecular flexibility index (Phi) is 3.50. The number of hydrogen-bond donors (Lipinski definition) is 0. The van der Waals surface area contributed by atoms with Gasteiger partial charge < -0.3 is 4.74 Å². The van der Waals surface area contributed by atoms with Crippen LogP contribution in [0.25, 0.3) is 11.1 Å². The lowest BCUT2D eigenvalue weighted by molar-refractivity contribution is -0.0498. The van der Waals surface area contributed by atoms with E-state index in [-0.39, 0.29) is 16.9 Å². The second kappa shape index (κ2) is 5.08. The van der Waals surface area contributed by atoms with E-state index in [2.05, 4.69) is 4.74 Å². The van der Waals surface area contributed by atoms with Crippen molar-refractivity contribution in [1.82, 2.24) is 0 Å². The molecule has 0 aliphatic rings. The summed E-state index contributed by atoms with van der Waals surface area (Å²) in [5, 5.41) is 0. The summed E-state index contributed by atoms with van der Waals surface area (Å²) in [5.41, 5.74) is 0.264. The molecule has 0 radical (unpaired) electrons. The van der Waals surface area contributed by atoms with Crippen LogP contribution in [0.4, 0.5) is 17.6 Å². The van der Waals surface area contributed by atoms with E-state index < -0.39 is 18.2 Å². The second-order valence-electron chi connectivity index (χ2n) is 3.51. The van der Waals surface area contributed by atoms with Crippen LogP contribution >= 0.6 is 0 Å². The van der Waals surface area contributed by atoms with E-state index in [4.69, 9.17) is 0 Å². The number of ether oxygens (including phenoxy) is 1. The van der Waals surface area contributed by atoms with E-state index in [1.165, 1.54) is 36.4 Å². The summed E-state index contributed by atoms with van der Waals surface area (Å²) in [7, 11) is 0. The molecule has 0 aliphatic carbocycles. The minimum atomic E-state index is -2.96. The van der Waals surface area contributed by atoms with E-state index in [0.29, 0.717) is 0 Å². The van der Waals surface area contributed by atoms with Crippen molar-refractivity contribution in [3.8, 4) is 16.9 Å². The fraction of sp³-hybridized carbons (Fsp3) is 0.0769. The zero-order valence-electron chi connectivity index (χ0n) is 9.04. The summed E-state index contributed by atoms with van der Waals surface area (Å²) in [6.07, 6.45) is 0. The monoisotopic (exact) mass is 256 g/mol. The van der Waals surface area contributed by atoms with Gasteiger partial charge in [-0.05, 0) is 23.8 Å². The lowest BCUT2D eigenvalue weighted by Gasteiger charge is -2.08. The van der Waals surface area contributed by atoms with Crippen LogP contribution in [0.1, 0.15) is 0 Å². The fourth-order valence-electron chi connectivity index (χ4n) is 1.57. The van der Waals surface area contributed by atoms with Gasteiger partial charge in [0.1, 0.15) is 5.75 Å². The Labute approximate surface area is 101 Å². The maximum absolute atomic E-state index is 13.5. The van der Waals surface area contributed by atoms with Gasteiger partial charge >= 0.3 is 6.61 Å². The molecule has 5 heteroatoms. The fourth-order valence-corrected chi connectivity index (χ4v) is 1.57. The van der Waals surface area contributed by atoms with Crippen LogP contribution < -0.4 is 4.74 Å². The van der Waals surface area contributed by atoms with Gasteiger partial charge in [0.2, 0.25) is 0 Å². The Balaban J connectivity index is 2.41. The zero-order valence-corrected chi connectivity index (χ0v) is 9.04. The molecule has 2 aromatic carbocycles. The Bertz CT molecular complexity index is 554. The molecule has 0 aliphatic heterocycles. The summed E-state index contributed by atoms with van der Waals surface area (Å²) >= 11 is 0. The van der Waals surface area contributed by atoms with Crippen LogP contribution in [0.3, 0.4) is 0 Å².